The first-order valence-corrected chi connectivity index (χ1v) is 16.4. The van der Waals surface area contributed by atoms with E-state index in [2.05, 4.69) is 10.6 Å². The van der Waals surface area contributed by atoms with E-state index in [1.54, 1.807) is 0 Å². The van der Waals surface area contributed by atoms with Gasteiger partial charge in [0, 0.05) is 20.3 Å². The number of aliphatic carboxylic acids is 2. The Kier molecular flexibility index (Phi) is 15.8. The minimum Gasteiger partial charge on any atom is -0.480 e. The first-order chi connectivity index (χ1) is 24.7. The van der Waals surface area contributed by atoms with Gasteiger partial charge in [-0.3, -0.25) is 14.4 Å². The average Bonchev–Trinajstić information content (AvgIpc) is 3.09. The summed E-state index contributed by atoms with van der Waals surface area (Å²) in [4.78, 5) is 47.8. The van der Waals surface area contributed by atoms with E-state index < -0.39 is 160 Å². The van der Waals surface area contributed by atoms with Gasteiger partial charge in [-0.1, -0.05) is 0 Å². The second-order valence-electron chi connectivity index (χ2n) is 12.9. The van der Waals surface area contributed by atoms with Crippen molar-refractivity contribution in [3.05, 3.63) is 0 Å². The van der Waals surface area contributed by atoms with E-state index in [0.717, 1.165) is 13.8 Å². The van der Waals surface area contributed by atoms with Crippen LogP contribution in [0.25, 0.3) is 0 Å². The molecule has 24 heteroatoms. The summed E-state index contributed by atoms with van der Waals surface area (Å²) in [6, 6.07) is -4.65. The molecule has 306 valence electrons. The molecule has 0 aromatic heterocycles. The Morgan fingerprint density at radius 2 is 1.40 bits per heavy atom. The number of carbonyl (C=O) groups is 4. The molecule has 3 aliphatic rings. The number of rotatable bonds is 16. The lowest BCUT2D eigenvalue weighted by Crippen LogP contribution is -2.71. The van der Waals surface area contributed by atoms with Crippen molar-refractivity contribution >= 4 is 23.8 Å². The van der Waals surface area contributed by atoms with Gasteiger partial charge in [0.2, 0.25) is 11.8 Å². The molecule has 0 aliphatic carbocycles. The molecule has 53 heavy (non-hydrogen) atoms. The quantitative estimate of drug-likeness (QED) is 0.0692. The highest BCUT2D eigenvalue weighted by molar-refractivity contribution is 5.77. The fourth-order valence-electron chi connectivity index (χ4n) is 6.17. The maximum absolute atomic E-state index is 12.7. The van der Waals surface area contributed by atoms with E-state index in [4.69, 9.17) is 34.2 Å². The first kappa shape index (κ1) is 44.6. The lowest BCUT2D eigenvalue weighted by atomic mass is 9.88. The molecule has 0 spiro atoms. The molecule has 2 unspecified atom stereocenters. The Morgan fingerprint density at radius 1 is 0.849 bits per heavy atom. The van der Waals surface area contributed by atoms with Crippen LogP contribution < -0.4 is 16.4 Å². The van der Waals surface area contributed by atoms with Crippen molar-refractivity contribution in [1.82, 2.24) is 10.6 Å². The van der Waals surface area contributed by atoms with Gasteiger partial charge in [-0.2, -0.15) is 0 Å². The Balaban J connectivity index is 1.88. The van der Waals surface area contributed by atoms with Crippen LogP contribution in [0.5, 0.6) is 0 Å². The third-order valence-electron chi connectivity index (χ3n) is 8.99. The van der Waals surface area contributed by atoms with Crippen LogP contribution in [0.1, 0.15) is 27.2 Å². The molecular formula is C29H49N3O21. The van der Waals surface area contributed by atoms with Gasteiger partial charge >= 0.3 is 11.9 Å². The summed E-state index contributed by atoms with van der Waals surface area (Å²) in [5.41, 5.74) is 5.59. The zero-order chi connectivity index (χ0) is 40.1. The minimum absolute atomic E-state index is 0.723. The number of amides is 2. The number of aliphatic hydroxyl groups excluding tert-OH is 9. The highest BCUT2D eigenvalue weighted by atomic mass is 16.8. The first-order valence-electron chi connectivity index (χ1n) is 16.4. The van der Waals surface area contributed by atoms with Crippen molar-refractivity contribution in [1.29, 1.82) is 0 Å². The van der Waals surface area contributed by atoms with E-state index in [-0.39, 0.29) is 0 Å². The molecule has 15 N–H and O–H groups in total. The number of nitrogens with two attached hydrogens (primary N) is 1. The van der Waals surface area contributed by atoms with E-state index in [1.165, 1.54) is 6.92 Å². The second-order valence-corrected chi connectivity index (χ2v) is 12.9. The van der Waals surface area contributed by atoms with Gasteiger partial charge in [-0.15, -0.1) is 0 Å². The fraction of sp³-hybridized carbons (Fsp3) is 0.862. The normalized spacial score (nSPS) is 40.0. The maximum atomic E-state index is 12.7. The molecule has 24 nitrogen and oxygen atoms in total. The Bertz CT molecular complexity index is 1260. The molecule has 3 aliphatic heterocycles. The number of carboxylic acids is 2. The number of aliphatic hydroxyl groups is 9. The third-order valence-corrected chi connectivity index (χ3v) is 8.99. The van der Waals surface area contributed by atoms with E-state index in [9.17, 15) is 75.3 Å². The van der Waals surface area contributed by atoms with Crippen LogP contribution in [-0.4, -0.2) is 209 Å². The molecule has 0 radical (unpaired) electrons. The summed E-state index contributed by atoms with van der Waals surface area (Å²) >= 11 is 0. The van der Waals surface area contributed by atoms with Crippen LogP contribution in [0.15, 0.2) is 0 Å². The molecule has 3 heterocycles. The van der Waals surface area contributed by atoms with Crippen LogP contribution in [0.4, 0.5) is 0 Å². The molecular weight excluding hydrogens is 726 g/mol. The van der Waals surface area contributed by atoms with Gasteiger partial charge in [0.15, 0.2) is 12.6 Å². The molecule has 3 fully saturated rings. The van der Waals surface area contributed by atoms with E-state index >= 15 is 0 Å². The summed E-state index contributed by atoms with van der Waals surface area (Å²) in [7, 11) is 0. The molecule has 2 amide bonds. The highest BCUT2D eigenvalue weighted by Crippen LogP contribution is 2.38. The second kappa shape index (κ2) is 18.7. The number of ether oxygens (including phenoxy) is 6. The predicted octanol–water partition coefficient (Wildman–Crippen LogP) is -8.25. The van der Waals surface area contributed by atoms with Gasteiger partial charge in [-0.05, 0) is 6.92 Å². The molecule has 3 rings (SSSR count). The van der Waals surface area contributed by atoms with Crippen LogP contribution in [-0.2, 0) is 47.6 Å². The Hall–Kier alpha value is -2.76. The van der Waals surface area contributed by atoms with Gasteiger partial charge in [-0.25, -0.2) is 4.79 Å². The average molecular weight is 776 g/mol. The van der Waals surface area contributed by atoms with Crippen molar-refractivity contribution < 1.29 is 104 Å². The molecule has 0 aromatic carbocycles. The monoisotopic (exact) mass is 775 g/mol. The number of carbonyl (C=O) groups excluding carboxylic acids is 2. The lowest BCUT2D eigenvalue weighted by Gasteiger charge is -2.51. The summed E-state index contributed by atoms with van der Waals surface area (Å²) in [6.07, 6.45) is -27.2. The summed E-state index contributed by atoms with van der Waals surface area (Å²) in [5.74, 6) is -7.93. The van der Waals surface area contributed by atoms with Crippen molar-refractivity contribution in [3.8, 4) is 0 Å². The Labute approximate surface area is 300 Å². The zero-order valence-corrected chi connectivity index (χ0v) is 28.7. The van der Waals surface area contributed by atoms with Gasteiger partial charge in [0.25, 0.3) is 5.79 Å². The SMILES string of the molecule is CC(=O)N[C@H]1[C@H]([C@H](O)[C@H](O)CO)O[C@@](O[C@@H]2[C@H](O)[C@@H](O)C(O[C@@H]3[C@H](O)[C@@H](NC(C)=O)C(O[C@H](C)[C@H](N)C(=O)O)O[C@@H]3CO)O[C@@H]2CO)(C(=O)O)C[C@@H]1O. The molecule has 3 saturated heterocycles. The van der Waals surface area contributed by atoms with Crippen molar-refractivity contribution in [2.24, 2.45) is 5.73 Å². The summed E-state index contributed by atoms with van der Waals surface area (Å²) in [5, 5.41) is 119. The van der Waals surface area contributed by atoms with Crippen LogP contribution in [0, 0.1) is 0 Å². The standard InChI is InChI=1S/C29H49N3O21/c1-8(15(30)25(44)45)48-26-17(32-10(3)37)19(41)22(13(6-34)49-26)51-27-21(43)20(42)23(14(7-35)50-27)52-29(28(46)47)4-11(38)16(31-9(2)36)24(53-29)18(40)12(39)5-33/h8,11-24,26-27,33-35,38-43H,4-7,30H2,1-3H3,(H,31,36)(H,32,37)(H,44,45)(H,46,47)/t8-,11+,12-,13-,14-,15+,16-,17-,18-,19-,20-,21-,22+,23+,24-,26?,27?,29-/m1/s1. The Morgan fingerprint density at radius 3 is 1.91 bits per heavy atom. The van der Waals surface area contributed by atoms with Gasteiger partial charge in [0.1, 0.15) is 73.1 Å². The van der Waals surface area contributed by atoms with Crippen molar-refractivity contribution in [3.63, 3.8) is 0 Å². The highest BCUT2D eigenvalue weighted by Gasteiger charge is 2.60. The molecule has 0 bridgehead atoms. The molecule has 18 atom stereocenters. The zero-order valence-electron chi connectivity index (χ0n) is 28.7. The number of nitrogens with one attached hydrogen (secondary N) is 2. The van der Waals surface area contributed by atoms with E-state index in [1.807, 2.05) is 0 Å². The topological polar surface area (TPSA) is 396 Å². The third kappa shape index (κ3) is 10.1. The number of hydrogen-bond donors (Lipinski definition) is 14. The van der Waals surface area contributed by atoms with Crippen LogP contribution in [0.3, 0.4) is 0 Å². The van der Waals surface area contributed by atoms with Crippen LogP contribution >= 0.6 is 0 Å². The largest absolute Gasteiger partial charge is 0.480 e. The van der Waals surface area contributed by atoms with Gasteiger partial charge < -0.3 is 101 Å². The van der Waals surface area contributed by atoms with Crippen LogP contribution in [0.2, 0.25) is 0 Å². The fourth-order valence-corrected chi connectivity index (χ4v) is 6.17. The maximum Gasteiger partial charge on any atom is 0.364 e. The predicted molar refractivity (Wildman–Crippen MR) is 166 cm³/mol. The van der Waals surface area contributed by atoms with Crippen molar-refractivity contribution in [2.75, 3.05) is 19.8 Å². The van der Waals surface area contributed by atoms with Crippen molar-refractivity contribution in [2.45, 2.75) is 137 Å². The van der Waals surface area contributed by atoms with E-state index in [0.29, 0.717) is 0 Å². The summed E-state index contributed by atoms with van der Waals surface area (Å²) < 4.78 is 33.7. The molecule has 0 saturated carbocycles. The number of hydrogen-bond acceptors (Lipinski definition) is 20. The lowest BCUT2D eigenvalue weighted by molar-refractivity contribution is -0.382. The minimum atomic E-state index is -3.03. The smallest absolute Gasteiger partial charge is 0.364 e. The molecule has 0 aromatic rings. The summed E-state index contributed by atoms with van der Waals surface area (Å²) in [6.45, 7) is 0.322. The number of carboxylic acid groups (broad SMARTS) is 2. The van der Waals surface area contributed by atoms with Gasteiger partial charge in [0.05, 0.1) is 38.1 Å².